The fourth-order valence-electron chi connectivity index (χ4n) is 3.32. The van der Waals surface area contributed by atoms with Gasteiger partial charge in [0.2, 0.25) is 0 Å². The van der Waals surface area contributed by atoms with Gasteiger partial charge in [-0.2, -0.15) is 0 Å². The number of aliphatic hydroxyl groups excluding tert-OH is 1. The zero-order valence-corrected chi connectivity index (χ0v) is 17.1. The number of nitrogens with zero attached hydrogens (tertiary/aromatic N) is 2. The first-order chi connectivity index (χ1) is 13.9. The molecule has 0 spiro atoms. The van der Waals surface area contributed by atoms with Crippen molar-refractivity contribution in [2.24, 2.45) is 0 Å². The minimum Gasteiger partial charge on any atom is -0.503 e. The molecule has 0 saturated heterocycles. The monoisotopic (exact) mass is 414 g/mol. The molecule has 1 N–H and O–H groups in total. The van der Waals surface area contributed by atoms with Gasteiger partial charge in [0.15, 0.2) is 11.5 Å². The zero-order chi connectivity index (χ0) is 21.0. The number of hydrogen-bond acceptors (Lipinski definition) is 5. The summed E-state index contributed by atoms with van der Waals surface area (Å²) >= 11 is 6.00. The maximum Gasteiger partial charge on any atom is 0.290 e. The zero-order valence-electron chi connectivity index (χ0n) is 16.3. The summed E-state index contributed by atoms with van der Waals surface area (Å²) in [6.07, 6.45) is 5.04. The predicted molar refractivity (Wildman–Crippen MR) is 111 cm³/mol. The molecule has 29 heavy (non-hydrogen) atoms. The van der Waals surface area contributed by atoms with E-state index in [1.807, 2.05) is 19.0 Å². The molecule has 1 amide bonds. The Bertz CT molecular complexity index is 930. The predicted octanol–water partition coefficient (Wildman–Crippen LogP) is 3.86. The van der Waals surface area contributed by atoms with Crippen LogP contribution in [0.2, 0.25) is 5.02 Å². The van der Waals surface area contributed by atoms with Crippen LogP contribution in [0, 0.1) is 0 Å². The first-order valence-corrected chi connectivity index (χ1v) is 9.66. The standard InChI is InChI=1S/C22H23ClN2O4/c1-24(2)12-4-13-25-20(15-6-8-16(23)9-7-15)19(21(27)22(25)28)18(26)11-10-17-5-3-14-29-17/h3,5-11,14,20,27H,4,12-13H2,1-2H3. The van der Waals surface area contributed by atoms with Crippen LogP contribution in [0.4, 0.5) is 0 Å². The minimum atomic E-state index is -0.671. The van der Waals surface area contributed by atoms with Crippen molar-refractivity contribution in [1.29, 1.82) is 0 Å². The van der Waals surface area contributed by atoms with Crippen LogP contribution < -0.4 is 0 Å². The summed E-state index contributed by atoms with van der Waals surface area (Å²) in [5, 5.41) is 11.1. The lowest BCUT2D eigenvalue weighted by atomic mass is 9.95. The molecule has 1 unspecified atom stereocenters. The van der Waals surface area contributed by atoms with E-state index in [1.54, 1.807) is 36.4 Å². The fourth-order valence-corrected chi connectivity index (χ4v) is 3.44. The smallest absolute Gasteiger partial charge is 0.290 e. The van der Waals surface area contributed by atoms with E-state index in [2.05, 4.69) is 0 Å². The molecule has 0 fully saturated rings. The third kappa shape index (κ3) is 4.78. The lowest BCUT2D eigenvalue weighted by molar-refractivity contribution is -0.129. The van der Waals surface area contributed by atoms with Crippen molar-refractivity contribution in [3.63, 3.8) is 0 Å². The minimum absolute atomic E-state index is 0.0602. The van der Waals surface area contributed by atoms with Gasteiger partial charge >= 0.3 is 0 Å². The van der Waals surface area contributed by atoms with Crippen molar-refractivity contribution in [3.8, 4) is 0 Å². The Hall–Kier alpha value is -2.83. The Labute approximate surface area is 174 Å². The van der Waals surface area contributed by atoms with E-state index in [9.17, 15) is 14.7 Å². The van der Waals surface area contributed by atoms with Crippen molar-refractivity contribution in [1.82, 2.24) is 9.80 Å². The summed E-state index contributed by atoms with van der Waals surface area (Å²) in [6, 6.07) is 9.69. The summed E-state index contributed by atoms with van der Waals surface area (Å²) in [5.41, 5.74) is 0.774. The SMILES string of the molecule is CN(C)CCCN1C(=O)C(O)=C(C(=O)C=Cc2ccco2)C1c1ccc(Cl)cc1. The van der Waals surface area contributed by atoms with Crippen LogP contribution in [0.25, 0.3) is 6.08 Å². The van der Waals surface area contributed by atoms with Gasteiger partial charge in [0.1, 0.15) is 5.76 Å². The lowest BCUT2D eigenvalue weighted by Crippen LogP contribution is -2.33. The van der Waals surface area contributed by atoms with Gasteiger partial charge in [0.05, 0.1) is 17.9 Å². The lowest BCUT2D eigenvalue weighted by Gasteiger charge is -2.27. The van der Waals surface area contributed by atoms with E-state index in [0.717, 1.165) is 6.54 Å². The van der Waals surface area contributed by atoms with Crippen LogP contribution in [0.5, 0.6) is 0 Å². The van der Waals surface area contributed by atoms with E-state index in [1.165, 1.54) is 23.3 Å². The molecule has 152 valence electrons. The topological polar surface area (TPSA) is 74.0 Å². The van der Waals surface area contributed by atoms with E-state index >= 15 is 0 Å². The number of allylic oxidation sites excluding steroid dienone is 1. The number of amides is 1. The van der Waals surface area contributed by atoms with Crippen molar-refractivity contribution < 1.29 is 19.1 Å². The number of carbonyl (C=O) groups excluding carboxylic acids is 2. The molecule has 1 aromatic heterocycles. The van der Waals surface area contributed by atoms with Crippen molar-refractivity contribution in [2.45, 2.75) is 12.5 Å². The van der Waals surface area contributed by atoms with Crippen LogP contribution in [-0.4, -0.2) is 53.8 Å². The molecule has 6 nitrogen and oxygen atoms in total. The highest BCUT2D eigenvalue weighted by molar-refractivity contribution is 6.30. The van der Waals surface area contributed by atoms with Gasteiger partial charge in [-0.25, -0.2) is 0 Å². The van der Waals surface area contributed by atoms with Crippen LogP contribution in [-0.2, 0) is 9.59 Å². The van der Waals surface area contributed by atoms with Crippen molar-refractivity contribution in [2.75, 3.05) is 27.2 Å². The third-order valence-electron chi connectivity index (χ3n) is 4.70. The second kappa shape index (κ2) is 9.11. The summed E-state index contributed by atoms with van der Waals surface area (Å²) in [6.45, 7) is 1.19. The molecular formula is C22H23ClN2O4. The molecule has 0 radical (unpaired) electrons. The highest BCUT2D eigenvalue weighted by atomic mass is 35.5. The molecule has 3 rings (SSSR count). The molecule has 1 aliphatic heterocycles. The van der Waals surface area contributed by atoms with Gasteiger partial charge < -0.3 is 19.3 Å². The highest BCUT2D eigenvalue weighted by Gasteiger charge is 2.42. The normalized spacial score (nSPS) is 17.2. The summed E-state index contributed by atoms with van der Waals surface area (Å²) in [4.78, 5) is 29.2. The Morgan fingerprint density at radius 3 is 2.62 bits per heavy atom. The van der Waals surface area contributed by atoms with Gasteiger partial charge in [0, 0.05) is 11.6 Å². The maximum absolute atomic E-state index is 12.9. The molecule has 2 aromatic rings. The van der Waals surface area contributed by atoms with E-state index < -0.39 is 23.5 Å². The van der Waals surface area contributed by atoms with E-state index in [4.69, 9.17) is 16.0 Å². The molecule has 0 saturated carbocycles. The van der Waals surface area contributed by atoms with Gasteiger partial charge in [0.25, 0.3) is 5.91 Å². The highest BCUT2D eigenvalue weighted by Crippen LogP contribution is 2.38. The summed E-state index contributed by atoms with van der Waals surface area (Å²) < 4.78 is 5.20. The Kier molecular flexibility index (Phi) is 6.56. The third-order valence-corrected chi connectivity index (χ3v) is 4.95. The number of hydrogen-bond donors (Lipinski definition) is 1. The molecule has 7 heteroatoms. The maximum atomic E-state index is 12.9. The number of benzene rings is 1. The number of carbonyl (C=O) groups is 2. The molecule has 2 heterocycles. The summed E-state index contributed by atoms with van der Waals surface area (Å²) in [7, 11) is 3.90. The van der Waals surface area contributed by atoms with Gasteiger partial charge in [-0.1, -0.05) is 23.7 Å². The second-order valence-electron chi connectivity index (χ2n) is 7.08. The average molecular weight is 415 g/mol. The largest absolute Gasteiger partial charge is 0.503 e. The molecule has 1 aromatic carbocycles. The fraction of sp³-hybridized carbons (Fsp3) is 0.273. The molecular weight excluding hydrogens is 392 g/mol. The van der Waals surface area contributed by atoms with Crippen LogP contribution in [0.3, 0.4) is 0 Å². The van der Waals surface area contributed by atoms with Gasteiger partial charge in [-0.15, -0.1) is 0 Å². The average Bonchev–Trinajstić information content (AvgIpc) is 3.29. The van der Waals surface area contributed by atoms with Crippen LogP contribution >= 0.6 is 11.6 Å². The van der Waals surface area contributed by atoms with E-state index in [-0.39, 0.29) is 5.57 Å². The summed E-state index contributed by atoms with van der Waals surface area (Å²) in [5.74, 6) is -0.988. The number of aliphatic hydroxyl groups is 1. The quantitative estimate of drug-likeness (QED) is 0.664. The van der Waals surface area contributed by atoms with Gasteiger partial charge in [-0.05, 0) is 69.0 Å². The Morgan fingerprint density at radius 2 is 2.00 bits per heavy atom. The van der Waals surface area contributed by atoms with Gasteiger partial charge in [-0.3, -0.25) is 9.59 Å². The Morgan fingerprint density at radius 1 is 1.28 bits per heavy atom. The Balaban J connectivity index is 1.93. The molecule has 1 aliphatic rings. The first-order valence-electron chi connectivity index (χ1n) is 9.28. The molecule has 0 aliphatic carbocycles. The molecule has 0 bridgehead atoms. The van der Waals surface area contributed by atoms with Crippen molar-refractivity contribution in [3.05, 3.63) is 76.4 Å². The van der Waals surface area contributed by atoms with Crippen LogP contribution in [0.1, 0.15) is 23.8 Å². The first kappa shape index (κ1) is 20.9. The van der Waals surface area contributed by atoms with Crippen molar-refractivity contribution >= 4 is 29.4 Å². The second-order valence-corrected chi connectivity index (χ2v) is 7.52. The number of ketones is 1. The number of furan rings is 1. The van der Waals surface area contributed by atoms with Crippen LogP contribution in [0.15, 0.2) is 64.5 Å². The molecule has 1 atom stereocenters. The number of rotatable bonds is 8. The number of halogens is 1. The van der Waals surface area contributed by atoms with E-state index in [0.29, 0.717) is 29.3 Å².